The Kier molecular flexibility index (Phi) is 10.1. The molecule has 0 radical (unpaired) electrons. The molecule has 0 aliphatic carbocycles. The van der Waals surface area contributed by atoms with Gasteiger partial charge in [-0.1, -0.05) is 26.7 Å². The van der Waals surface area contributed by atoms with Crippen molar-refractivity contribution in [2.24, 2.45) is 10.9 Å². The zero-order valence-electron chi connectivity index (χ0n) is 15.8. The minimum Gasteiger partial charge on any atom is -0.491 e. The first-order chi connectivity index (χ1) is 12.5. The first-order valence-corrected chi connectivity index (χ1v) is 9.07. The quantitative estimate of drug-likeness (QED) is 0.240. The summed E-state index contributed by atoms with van der Waals surface area (Å²) < 4.78 is 5.45. The van der Waals surface area contributed by atoms with Gasteiger partial charge in [0, 0.05) is 31.8 Å². The van der Waals surface area contributed by atoms with Crippen molar-refractivity contribution in [2.75, 3.05) is 26.2 Å². The van der Waals surface area contributed by atoms with Gasteiger partial charge in [0.05, 0.1) is 4.92 Å². The molecule has 1 atom stereocenters. The number of guanidine groups is 1. The van der Waals surface area contributed by atoms with E-state index < -0.39 is 11.0 Å². The third-order valence-electron chi connectivity index (χ3n) is 4.00. The van der Waals surface area contributed by atoms with Crippen molar-refractivity contribution in [1.29, 1.82) is 0 Å². The second-order valence-corrected chi connectivity index (χ2v) is 6.00. The molecule has 1 aromatic rings. The van der Waals surface area contributed by atoms with E-state index in [-0.39, 0.29) is 12.3 Å². The fraction of sp³-hybridized carbons (Fsp3) is 0.611. The van der Waals surface area contributed by atoms with Crippen LogP contribution < -0.4 is 15.4 Å². The minimum absolute atomic E-state index is 0.00326. The molecule has 0 spiro atoms. The van der Waals surface area contributed by atoms with Crippen LogP contribution in [0.15, 0.2) is 29.3 Å². The highest BCUT2D eigenvalue weighted by Gasteiger charge is 2.09. The van der Waals surface area contributed by atoms with Crippen LogP contribution in [0.3, 0.4) is 0 Å². The monoisotopic (exact) mass is 366 g/mol. The number of nitrogens with zero attached hydrogens (tertiary/aromatic N) is 2. The molecule has 1 rings (SSSR count). The summed E-state index contributed by atoms with van der Waals surface area (Å²) in [7, 11) is 0. The highest BCUT2D eigenvalue weighted by Crippen LogP contribution is 2.17. The fourth-order valence-electron chi connectivity index (χ4n) is 2.24. The van der Waals surface area contributed by atoms with Crippen LogP contribution >= 0.6 is 0 Å². The van der Waals surface area contributed by atoms with Gasteiger partial charge in [0.2, 0.25) is 0 Å². The Labute approximate surface area is 154 Å². The Hall–Kier alpha value is -2.35. The van der Waals surface area contributed by atoms with Crippen molar-refractivity contribution in [3.05, 3.63) is 34.4 Å². The summed E-state index contributed by atoms with van der Waals surface area (Å²) in [5.74, 6) is 1.71. The van der Waals surface area contributed by atoms with E-state index in [0.717, 1.165) is 25.9 Å². The lowest BCUT2D eigenvalue weighted by Crippen LogP contribution is -2.42. The normalized spacial score (nSPS) is 12.7. The van der Waals surface area contributed by atoms with Gasteiger partial charge in [0.25, 0.3) is 5.69 Å². The molecular formula is C18H30N4O4. The molecule has 0 aliphatic rings. The number of nitro groups is 1. The van der Waals surface area contributed by atoms with Crippen LogP contribution in [0.4, 0.5) is 5.69 Å². The van der Waals surface area contributed by atoms with Gasteiger partial charge in [0.15, 0.2) is 5.96 Å². The molecule has 0 saturated carbocycles. The number of aliphatic imine (C=N–C) groups is 1. The number of rotatable bonds is 11. The molecule has 1 unspecified atom stereocenters. The molecule has 0 heterocycles. The number of benzene rings is 1. The van der Waals surface area contributed by atoms with Gasteiger partial charge in [0.1, 0.15) is 18.5 Å². The summed E-state index contributed by atoms with van der Waals surface area (Å²) in [5, 5.41) is 26.9. The van der Waals surface area contributed by atoms with Gasteiger partial charge in [-0.25, -0.2) is 0 Å². The van der Waals surface area contributed by atoms with Crippen LogP contribution in [0.1, 0.15) is 33.6 Å². The maximum atomic E-state index is 10.6. The first kappa shape index (κ1) is 21.7. The van der Waals surface area contributed by atoms with E-state index in [4.69, 9.17) is 4.74 Å². The molecule has 0 bridgehead atoms. The van der Waals surface area contributed by atoms with Crippen LogP contribution in [0, 0.1) is 16.0 Å². The predicted molar refractivity (Wildman–Crippen MR) is 103 cm³/mol. The molecule has 3 N–H and O–H groups in total. The summed E-state index contributed by atoms with van der Waals surface area (Å²) >= 11 is 0. The van der Waals surface area contributed by atoms with E-state index in [0.29, 0.717) is 24.2 Å². The van der Waals surface area contributed by atoms with Crippen LogP contribution in [-0.2, 0) is 0 Å². The van der Waals surface area contributed by atoms with Crippen molar-refractivity contribution in [3.8, 4) is 5.75 Å². The average molecular weight is 366 g/mol. The molecule has 0 amide bonds. The Morgan fingerprint density at radius 1 is 1.23 bits per heavy atom. The molecule has 0 saturated heterocycles. The topological polar surface area (TPSA) is 109 Å². The zero-order chi connectivity index (χ0) is 19.4. The van der Waals surface area contributed by atoms with Gasteiger partial charge in [-0.05, 0) is 25.0 Å². The largest absolute Gasteiger partial charge is 0.491 e. The van der Waals surface area contributed by atoms with Gasteiger partial charge >= 0.3 is 0 Å². The van der Waals surface area contributed by atoms with E-state index in [2.05, 4.69) is 29.5 Å². The summed E-state index contributed by atoms with van der Waals surface area (Å²) in [4.78, 5) is 14.7. The lowest BCUT2D eigenvalue weighted by atomic mass is 10.0. The third-order valence-corrected chi connectivity index (χ3v) is 4.00. The molecule has 0 aliphatic heterocycles. The molecule has 8 nitrogen and oxygen atoms in total. The van der Waals surface area contributed by atoms with E-state index in [9.17, 15) is 15.2 Å². The van der Waals surface area contributed by atoms with Gasteiger partial charge in [-0.2, -0.15) is 0 Å². The number of ether oxygens (including phenoxy) is 1. The minimum atomic E-state index is -0.734. The van der Waals surface area contributed by atoms with Gasteiger partial charge in [-0.3, -0.25) is 15.1 Å². The molecule has 0 aromatic heterocycles. The first-order valence-electron chi connectivity index (χ1n) is 9.07. The number of nitro benzene ring substituents is 1. The van der Waals surface area contributed by atoms with Gasteiger partial charge < -0.3 is 20.5 Å². The Morgan fingerprint density at radius 2 is 1.88 bits per heavy atom. The number of hydrogen-bond acceptors (Lipinski definition) is 5. The van der Waals surface area contributed by atoms with Crippen molar-refractivity contribution in [3.63, 3.8) is 0 Å². The SMILES string of the molecule is CCNC(=NCC(CC)CC)NCC(O)COc1ccc([N+](=O)[O-])cc1. The zero-order valence-corrected chi connectivity index (χ0v) is 15.8. The number of hydrogen-bond donors (Lipinski definition) is 3. The lowest BCUT2D eigenvalue weighted by molar-refractivity contribution is -0.384. The number of non-ortho nitro benzene ring substituents is 1. The maximum Gasteiger partial charge on any atom is 0.269 e. The number of nitrogens with one attached hydrogen (secondary N) is 2. The molecular weight excluding hydrogens is 336 g/mol. The maximum absolute atomic E-state index is 10.6. The van der Waals surface area contributed by atoms with Crippen molar-refractivity contribution in [2.45, 2.75) is 39.7 Å². The lowest BCUT2D eigenvalue weighted by Gasteiger charge is -2.17. The molecule has 26 heavy (non-hydrogen) atoms. The van der Waals surface area contributed by atoms with Crippen LogP contribution in [0.5, 0.6) is 5.75 Å². The Morgan fingerprint density at radius 3 is 2.42 bits per heavy atom. The summed E-state index contributed by atoms with van der Waals surface area (Å²) in [6, 6.07) is 5.76. The van der Waals surface area contributed by atoms with Crippen molar-refractivity contribution >= 4 is 11.6 Å². The Bertz CT molecular complexity index is 559. The highest BCUT2D eigenvalue weighted by molar-refractivity contribution is 5.79. The van der Waals surface area contributed by atoms with Crippen molar-refractivity contribution < 1.29 is 14.8 Å². The summed E-state index contributed by atoms with van der Waals surface area (Å²) in [6.07, 6.45) is 1.44. The third kappa shape index (κ3) is 8.15. The molecule has 1 aromatic carbocycles. The number of aliphatic hydroxyl groups excluding tert-OH is 1. The van der Waals surface area contributed by atoms with Crippen molar-refractivity contribution in [1.82, 2.24) is 10.6 Å². The molecule has 8 heteroatoms. The predicted octanol–water partition coefficient (Wildman–Crippen LogP) is 2.33. The van der Waals surface area contributed by atoms with E-state index in [1.807, 2.05) is 6.92 Å². The van der Waals surface area contributed by atoms with Crippen LogP contribution in [0.2, 0.25) is 0 Å². The Balaban J connectivity index is 2.43. The smallest absolute Gasteiger partial charge is 0.269 e. The van der Waals surface area contributed by atoms with E-state index >= 15 is 0 Å². The second kappa shape index (κ2) is 12.1. The fourth-order valence-corrected chi connectivity index (χ4v) is 2.24. The second-order valence-electron chi connectivity index (χ2n) is 6.00. The van der Waals surface area contributed by atoms with Gasteiger partial charge in [-0.15, -0.1) is 0 Å². The van der Waals surface area contributed by atoms with E-state index in [1.54, 1.807) is 0 Å². The van der Waals surface area contributed by atoms with Crippen LogP contribution in [-0.4, -0.2) is 48.3 Å². The molecule has 0 fully saturated rings. The standard InChI is InChI=1S/C18H30N4O4/c1-4-14(5-2)11-20-18(19-6-3)21-12-16(23)13-26-17-9-7-15(8-10-17)22(24)25/h7-10,14,16,23H,4-6,11-13H2,1-3H3,(H2,19,20,21). The van der Waals surface area contributed by atoms with Crippen LogP contribution in [0.25, 0.3) is 0 Å². The summed E-state index contributed by atoms with van der Waals surface area (Å²) in [6.45, 7) is 8.16. The molecule has 146 valence electrons. The van der Waals surface area contributed by atoms with E-state index in [1.165, 1.54) is 24.3 Å². The summed E-state index contributed by atoms with van der Waals surface area (Å²) in [5.41, 5.74) is 0.00326. The number of aliphatic hydroxyl groups is 1. The highest BCUT2D eigenvalue weighted by atomic mass is 16.6. The average Bonchev–Trinajstić information content (AvgIpc) is 2.65.